The first-order chi connectivity index (χ1) is 40.0. The van der Waals surface area contributed by atoms with Gasteiger partial charge in [0.25, 0.3) is 0 Å². The van der Waals surface area contributed by atoms with Gasteiger partial charge in [0.2, 0.25) is 53.2 Å². The number of carboxylic acid groups (broad SMARTS) is 1. The zero-order valence-corrected chi connectivity index (χ0v) is 47.3. The fraction of sp³-hybridized carbons (Fsp3) is 0.500. The number of benzene rings is 3. The molecule has 2 saturated heterocycles. The van der Waals surface area contributed by atoms with Crippen molar-refractivity contribution in [2.45, 2.75) is 127 Å². The molecule has 0 aromatic heterocycles. The van der Waals surface area contributed by atoms with Gasteiger partial charge in [0.05, 0.1) is 13.1 Å². The molecule has 28 heteroatoms. The maximum Gasteiger partial charge on any atom is 0.326 e. The molecule has 2 heterocycles. The van der Waals surface area contributed by atoms with Crippen LogP contribution in [0.1, 0.15) is 82.8 Å². The second-order valence-electron chi connectivity index (χ2n) is 21.1. The van der Waals surface area contributed by atoms with E-state index in [0.29, 0.717) is 24.0 Å². The molecule has 0 saturated carbocycles. The molecule has 28 nitrogen and oxygen atoms in total. The van der Waals surface area contributed by atoms with Crippen LogP contribution in [0.4, 0.5) is 0 Å². The molecule has 0 unspecified atom stereocenters. The van der Waals surface area contributed by atoms with Crippen molar-refractivity contribution in [3.63, 3.8) is 0 Å². The number of hydrogen-bond acceptors (Lipinski definition) is 14. The molecular weight excluding hydrogens is 1090 g/mol. The average molecular weight is 1170 g/mol. The van der Waals surface area contributed by atoms with Crippen LogP contribution in [0.3, 0.4) is 0 Å². The van der Waals surface area contributed by atoms with Gasteiger partial charge in [0.1, 0.15) is 48.0 Å². The van der Waals surface area contributed by atoms with Crippen LogP contribution in [0, 0.1) is 16.7 Å². The molecule has 0 bridgehead atoms. The highest BCUT2D eigenvalue weighted by Gasteiger charge is 2.40. The number of carboxylic acids is 1. The summed E-state index contributed by atoms with van der Waals surface area (Å²) in [6, 6.07) is 10.5. The fourth-order valence-electron chi connectivity index (χ4n) is 9.92. The molecule has 2 aliphatic heterocycles. The number of guanidine groups is 2. The molecule has 0 radical (unpaired) electrons. The van der Waals surface area contributed by atoms with Gasteiger partial charge in [-0.05, 0) is 91.3 Å². The fourth-order valence-corrected chi connectivity index (χ4v) is 9.92. The van der Waals surface area contributed by atoms with Crippen molar-refractivity contribution in [1.82, 2.24) is 57.7 Å². The third-order valence-electron chi connectivity index (χ3n) is 14.3. The third kappa shape index (κ3) is 20.4. The molecule has 9 amide bonds. The predicted octanol–water partition coefficient (Wildman–Crippen LogP) is -2.42. The number of hydrogen-bond donors (Lipinski definition) is 16. The summed E-state index contributed by atoms with van der Waals surface area (Å²) >= 11 is 0. The molecular formula is C56H80N16O12. The van der Waals surface area contributed by atoms with Gasteiger partial charge in [-0.1, -0.05) is 68.4 Å². The van der Waals surface area contributed by atoms with Gasteiger partial charge in [-0.2, -0.15) is 0 Å². The highest BCUT2D eigenvalue weighted by Crippen LogP contribution is 2.23. The Balaban J connectivity index is 1.28. The molecule has 2 aliphatic rings. The van der Waals surface area contributed by atoms with E-state index in [4.69, 9.17) is 28.0 Å². The Labute approximate surface area is 486 Å². The first-order valence-electron chi connectivity index (χ1n) is 28.0. The third-order valence-corrected chi connectivity index (χ3v) is 14.3. The van der Waals surface area contributed by atoms with Crippen molar-refractivity contribution >= 4 is 81.8 Å². The summed E-state index contributed by atoms with van der Waals surface area (Å²) < 4.78 is 0. The van der Waals surface area contributed by atoms with Crippen LogP contribution in [-0.4, -0.2) is 179 Å². The number of rotatable bonds is 31. The van der Waals surface area contributed by atoms with E-state index in [-0.39, 0.29) is 115 Å². The van der Waals surface area contributed by atoms with Crippen molar-refractivity contribution in [3.8, 4) is 5.75 Å². The minimum Gasteiger partial charge on any atom is -0.508 e. The SMILES string of the molecule is CC(C)[C@@H](NC(=O)[C@H](CCCNC(=N)N)NC(=O)[C@@H](Cc1ccc(O)cc1)NC(=O)[C@H]1CCCN1C(=O)CNC(=O)CN)C(=O)NCCC(=O)N[C@@H](CCCNC(=N)N)C(=O)N[C@H](Cc1ccc2ccccc2c1)C(=O)N1CCC[C@H]1C(=O)O. The van der Waals surface area contributed by atoms with Crippen LogP contribution in [0.25, 0.3) is 10.8 Å². The van der Waals surface area contributed by atoms with Gasteiger partial charge in [0.15, 0.2) is 11.9 Å². The summed E-state index contributed by atoms with van der Waals surface area (Å²) in [5.74, 6) is -8.57. The lowest BCUT2D eigenvalue weighted by atomic mass is 10.00. The highest BCUT2D eigenvalue weighted by molar-refractivity contribution is 5.97. The summed E-state index contributed by atoms with van der Waals surface area (Å²) in [4.78, 5) is 138. The number of aliphatic carboxylic acids is 1. The molecule has 2 fully saturated rings. The molecule has 0 aliphatic carbocycles. The van der Waals surface area contributed by atoms with Gasteiger partial charge < -0.3 is 85.1 Å². The van der Waals surface area contributed by atoms with Crippen LogP contribution in [-0.2, 0) is 60.8 Å². The lowest BCUT2D eigenvalue weighted by Gasteiger charge is -2.29. The predicted molar refractivity (Wildman–Crippen MR) is 309 cm³/mol. The van der Waals surface area contributed by atoms with Crippen molar-refractivity contribution in [1.29, 1.82) is 10.8 Å². The number of fused-ring (bicyclic) bond motifs is 1. The Morgan fingerprint density at radius 3 is 1.79 bits per heavy atom. The van der Waals surface area contributed by atoms with E-state index in [1.54, 1.807) is 13.8 Å². The lowest BCUT2D eigenvalue weighted by molar-refractivity contribution is -0.149. The van der Waals surface area contributed by atoms with Crippen molar-refractivity contribution in [3.05, 3.63) is 77.9 Å². The quantitative estimate of drug-likeness (QED) is 0.0181. The Hall–Kier alpha value is -9.08. The first kappa shape index (κ1) is 65.7. The number of likely N-dealkylation sites (tertiary alicyclic amines) is 2. The van der Waals surface area contributed by atoms with Crippen molar-refractivity contribution in [2.24, 2.45) is 23.1 Å². The van der Waals surface area contributed by atoms with Crippen LogP contribution in [0.5, 0.6) is 5.75 Å². The van der Waals surface area contributed by atoms with Gasteiger partial charge in [-0.3, -0.25) is 54.0 Å². The second-order valence-corrected chi connectivity index (χ2v) is 21.1. The molecule has 19 N–H and O–H groups in total. The average Bonchev–Trinajstić information content (AvgIpc) is 3.92. The highest BCUT2D eigenvalue weighted by atomic mass is 16.4. The number of nitrogens with two attached hydrogens (primary N) is 3. The number of phenols is 1. The first-order valence-corrected chi connectivity index (χ1v) is 28.0. The number of nitrogens with one attached hydrogen (secondary N) is 11. The monoisotopic (exact) mass is 1170 g/mol. The minimum atomic E-state index is -1.35. The number of aromatic hydroxyl groups is 1. The molecule has 5 rings (SSSR count). The summed E-state index contributed by atoms with van der Waals surface area (Å²) in [6.45, 7) is 2.93. The summed E-state index contributed by atoms with van der Waals surface area (Å²) in [7, 11) is 0. The topological polar surface area (TPSA) is 452 Å². The number of nitrogens with zero attached hydrogens (tertiary/aromatic N) is 2. The van der Waals surface area contributed by atoms with Crippen LogP contribution >= 0.6 is 0 Å². The molecule has 7 atom stereocenters. The van der Waals surface area contributed by atoms with E-state index in [2.05, 4.69) is 47.9 Å². The van der Waals surface area contributed by atoms with Crippen molar-refractivity contribution in [2.75, 3.05) is 45.8 Å². The van der Waals surface area contributed by atoms with E-state index in [1.807, 2.05) is 42.5 Å². The summed E-state index contributed by atoms with van der Waals surface area (Å²) in [6.07, 6.45) is 1.27. The summed E-state index contributed by atoms with van der Waals surface area (Å²) in [5.41, 5.74) is 17.5. The largest absolute Gasteiger partial charge is 0.508 e. The number of carbonyl (C=O) groups is 10. The lowest BCUT2D eigenvalue weighted by Crippen LogP contribution is -2.59. The van der Waals surface area contributed by atoms with E-state index in [9.17, 15) is 58.2 Å². The standard InChI is InChI=1S/C56H80N16O12/c1-32(2)47(70-49(78)39(12-6-23-64-56(60)61)67-50(79)40(28-33-16-19-37(73)20-17-33)68-51(80)42-13-7-25-71(42)46(76)31-65-45(75)30-57)52(81)62-24-21-44(74)66-38(11-5-22-63-55(58)59)48(77)69-41(53(82)72-26-8-14-43(72)54(83)84)29-34-15-18-35-9-3-4-10-36(35)27-34/h3-4,9-10,15-20,27,32,38-43,47,73H,5-8,11-14,21-26,28-31,57H2,1-2H3,(H,62,81)(H,65,75)(H,66,74)(H,67,79)(H,68,80)(H,69,77)(H,70,78)(H,83,84)(H4,58,59,63)(H4,60,61,64)/t38-,39-,40+,41+,42+,43-,47+/m0/s1. The Morgan fingerprint density at radius 2 is 1.17 bits per heavy atom. The van der Waals surface area contributed by atoms with Crippen molar-refractivity contribution < 1.29 is 58.2 Å². The smallest absolute Gasteiger partial charge is 0.326 e. The molecule has 84 heavy (non-hydrogen) atoms. The molecule has 3 aromatic carbocycles. The minimum absolute atomic E-state index is 0.000939. The van der Waals surface area contributed by atoms with Crippen LogP contribution in [0.15, 0.2) is 66.7 Å². The van der Waals surface area contributed by atoms with E-state index >= 15 is 0 Å². The number of phenolic OH excluding ortho intramolecular Hbond substituents is 1. The van der Waals surface area contributed by atoms with Crippen LogP contribution in [0.2, 0.25) is 0 Å². The van der Waals surface area contributed by atoms with Gasteiger partial charge >= 0.3 is 5.97 Å². The molecule has 3 aromatic rings. The number of amides is 9. The summed E-state index contributed by atoms with van der Waals surface area (Å²) in [5, 5.41) is 60.8. The Morgan fingerprint density at radius 1 is 0.607 bits per heavy atom. The van der Waals surface area contributed by atoms with Gasteiger partial charge in [-0.15, -0.1) is 0 Å². The molecule has 0 spiro atoms. The van der Waals surface area contributed by atoms with E-state index < -0.39 is 114 Å². The second kappa shape index (κ2) is 32.5. The van der Waals surface area contributed by atoms with E-state index in [0.717, 1.165) is 10.8 Å². The van der Waals surface area contributed by atoms with Gasteiger partial charge in [0, 0.05) is 52.0 Å². The number of carbonyl (C=O) groups excluding carboxylic acids is 9. The van der Waals surface area contributed by atoms with E-state index in [1.165, 1.54) is 34.1 Å². The zero-order chi connectivity index (χ0) is 61.5. The van der Waals surface area contributed by atoms with Crippen LogP contribution < -0.4 is 65.1 Å². The zero-order valence-electron chi connectivity index (χ0n) is 47.3. The maximum absolute atomic E-state index is 14.3. The molecule has 456 valence electrons. The maximum atomic E-state index is 14.3. The normalized spacial score (nSPS) is 16.4. The van der Waals surface area contributed by atoms with Gasteiger partial charge in [-0.25, -0.2) is 4.79 Å². The Bertz CT molecular complexity index is 2850. The Kier molecular flexibility index (Phi) is 25.5.